The van der Waals surface area contributed by atoms with Crippen LogP contribution in [0.15, 0.2) is 48.7 Å². The first-order valence-corrected chi connectivity index (χ1v) is 7.79. The molecule has 128 valence electrons. The summed E-state index contributed by atoms with van der Waals surface area (Å²) in [7, 11) is 0. The maximum Gasteiger partial charge on any atom is 0.407 e. The SMILES string of the molecule is Cc1cc(C(O)C(O)CCNC(=O)OCc2ccccc2)ccn1. The molecule has 1 aromatic heterocycles. The number of aliphatic hydroxyl groups excluding tert-OH is 2. The number of aromatic nitrogens is 1. The van der Waals surface area contributed by atoms with E-state index in [-0.39, 0.29) is 19.6 Å². The van der Waals surface area contributed by atoms with E-state index in [9.17, 15) is 15.0 Å². The third-order valence-electron chi connectivity index (χ3n) is 3.55. The molecule has 0 saturated heterocycles. The molecule has 1 heterocycles. The number of benzene rings is 1. The van der Waals surface area contributed by atoms with Gasteiger partial charge in [-0.3, -0.25) is 4.98 Å². The van der Waals surface area contributed by atoms with Crippen molar-refractivity contribution in [3.63, 3.8) is 0 Å². The Labute approximate surface area is 141 Å². The van der Waals surface area contributed by atoms with Crippen molar-refractivity contribution < 1.29 is 19.7 Å². The number of nitrogens with one attached hydrogen (secondary N) is 1. The molecule has 2 unspecified atom stereocenters. The van der Waals surface area contributed by atoms with Crippen LogP contribution in [0.25, 0.3) is 0 Å². The summed E-state index contributed by atoms with van der Waals surface area (Å²) in [6, 6.07) is 12.7. The standard InChI is InChI=1S/C18H22N2O4/c1-13-11-15(7-9-19-13)17(22)16(21)8-10-20-18(23)24-12-14-5-3-2-4-6-14/h2-7,9,11,16-17,21-22H,8,10,12H2,1H3,(H,20,23). The van der Waals surface area contributed by atoms with Crippen LogP contribution in [0.4, 0.5) is 4.79 Å². The summed E-state index contributed by atoms with van der Waals surface area (Å²) in [5, 5.41) is 22.7. The molecule has 6 heteroatoms. The lowest BCUT2D eigenvalue weighted by Crippen LogP contribution is -2.29. The summed E-state index contributed by atoms with van der Waals surface area (Å²) in [6.45, 7) is 2.21. The molecule has 0 spiro atoms. The van der Waals surface area contributed by atoms with Gasteiger partial charge in [-0.05, 0) is 36.6 Å². The van der Waals surface area contributed by atoms with E-state index < -0.39 is 18.3 Å². The molecule has 0 aliphatic rings. The molecule has 0 fully saturated rings. The van der Waals surface area contributed by atoms with Crippen molar-refractivity contribution in [2.45, 2.75) is 32.2 Å². The van der Waals surface area contributed by atoms with Crippen molar-refractivity contribution in [3.8, 4) is 0 Å². The van der Waals surface area contributed by atoms with Crippen LogP contribution in [-0.4, -0.2) is 33.9 Å². The number of nitrogens with zero attached hydrogens (tertiary/aromatic N) is 1. The number of hydrogen-bond donors (Lipinski definition) is 3. The zero-order valence-electron chi connectivity index (χ0n) is 13.6. The van der Waals surface area contributed by atoms with Gasteiger partial charge in [0.15, 0.2) is 0 Å². The molecule has 2 rings (SSSR count). The highest BCUT2D eigenvalue weighted by Crippen LogP contribution is 2.18. The van der Waals surface area contributed by atoms with Crippen LogP contribution in [-0.2, 0) is 11.3 Å². The highest BCUT2D eigenvalue weighted by Gasteiger charge is 2.18. The average molecular weight is 330 g/mol. The smallest absolute Gasteiger partial charge is 0.407 e. The Morgan fingerprint density at radius 2 is 2.00 bits per heavy atom. The Hall–Kier alpha value is -2.44. The molecule has 1 amide bonds. The molecule has 0 aliphatic heterocycles. The second kappa shape index (κ2) is 9.00. The van der Waals surface area contributed by atoms with Crippen molar-refractivity contribution in [2.75, 3.05) is 6.54 Å². The van der Waals surface area contributed by atoms with Crippen LogP contribution in [0.3, 0.4) is 0 Å². The van der Waals surface area contributed by atoms with E-state index in [2.05, 4.69) is 10.3 Å². The van der Waals surface area contributed by atoms with Gasteiger partial charge in [0, 0.05) is 18.4 Å². The number of pyridine rings is 1. The normalized spacial score (nSPS) is 13.1. The first-order valence-electron chi connectivity index (χ1n) is 7.79. The first-order chi connectivity index (χ1) is 11.6. The molecular formula is C18H22N2O4. The molecule has 0 saturated carbocycles. The number of aliphatic hydroxyl groups is 2. The molecule has 24 heavy (non-hydrogen) atoms. The van der Waals surface area contributed by atoms with Gasteiger partial charge in [-0.1, -0.05) is 30.3 Å². The lowest BCUT2D eigenvalue weighted by molar-refractivity contribution is 0.0135. The molecule has 3 N–H and O–H groups in total. The number of amides is 1. The fraction of sp³-hybridized carbons (Fsp3) is 0.333. The second-order valence-corrected chi connectivity index (χ2v) is 5.52. The number of rotatable bonds is 7. The Morgan fingerprint density at radius 1 is 1.25 bits per heavy atom. The summed E-state index contributed by atoms with van der Waals surface area (Å²) >= 11 is 0. The third kappa shape index (κ3) is 5.64. The quantitative estimate of drug-likeness (QED) is 0.723. The van der Waals surface area contributed by atoms with Crippen molar-refractivity contribution in [1.82, 2.24) is 10.3 Å². The highest BCUT2D eigenvalue weighted by atomic mass is 16.5. The first kappa shape index (κ1) is 17.9. The van der Waals surface area contributed by atoms with Gasteiger partial charge >= 0.3 is 6.09 Å². The second-order valence-electron chi connectivity index (χ2n) is 5.52. The maximum absolute atomic E-state index is 11.6. The van der Waals surface area contributed by atoms with E-state index in [0.717, 1.165) is 11.3 Å². The molecule has 1 aromatic carbocycles. The fourth-order valence-corrected chi connectivity index (χ4v) is 2.23. The van der Waals surface area contributed by atoms with Crippen LogP contribution < -0.4 is 5.32 Å². The molecular weight excluding hydrogens is 308 g/mol. The topological polar surface area (TPSA) is 91.7 Å². The predicted octanol–water partition coefficient (Wildman–Crippen LogP) is 2.10. The van der Waals surface area contributed by atoms with Crippen LogP contribution in [0, 0.1) is 6.92 Å². The van der Waals surface area contributed by atoms with Gasteiger partial charge in [0.1, 0.15) is 12.7 Å². The number of carbonyl (C=O) groups excluding carboxylic acids is 1. The van der Waals surface area contributed by atoms with Crippen LogP contribution in [0.5, 0.6) is 0 Å². The van der Waals surface area contributed by atoms with Crippen LogP contribution >= 0.6 is 0 Å². The van der Waals surface area contributed by atoms with E-state index in [0.29, 0.717) is 5.56 Å². The molecule has 6 nitrogen and oxygen atoms in total. The third-order valence-corrected chi connectivity index (χ3v) is 3.55. The largest absolute Gasteiger partial charge is 0.445 e. The fourth-order valence-electron chi connectivity index (χ4n) is 2.23. The Balaban J connectivity index is 1.70. The number of ether oxygens (including phenoxy) is 1. The monoisotopic (exact) mass is 330 g/mol. The summed E-state index contributed by atoms with van der Waals surface area (Å²) in [5.41, 5.74) is 2.26. The minimum absolute atomic E-state index is 0.189. The summed E-state index contributed by atoms with van der Waals surface area (Å²) in [6.07, 6.45) is -0.765. The molecule has 2 atom stereocenters. The van der Waals surface area contributed by atoms with Crippen LogP contribution in [0.2, 0.25) is 0 Å². The van der Waals surface area contributed by atoms with E-state index >= 15 is 0 Å². The Morgan fingerprint density at radius 3 is 2.71 bits per heavy atom. The number of hydrogen-bond acceptors (Lipinski definition) is 5. The van der Waals surface area contributed by atoms with Gasteiger partial charge in [0.25, 0.3) is 0 Å². The molecule has 0 bridgehead atoms. The highest BCUT2D eigenvalue weighted by molar-refractivity contribution is 5.67. The van der Waals surface area contributed by atoms with Crippen molar-refractivity contribution in [1.29, 1.82) is 0 Å². The van der Waals surface area contributed by atoms with Gasteiger partial charge in [0.2, 0.25) is 0 Å². The maximum atomic E-state index is 11.6. The molecule has 0 aliphatic carbocycles. The summed E-state index contributed by atoms with van der Waals surface area (Å²) in [4.78, 5) is 15.6. The van der Waals surface area contributed by atoms with Gasteiger partial charge in [-0.2, -0.15) is 0 Å². The lowest BCUT2D eigenvalue weighted by Gasteiger charge is -2.18. The number of alkyl carbamates (subject to hydrolysis) is 1. The average Bonchev–Trinajstić information content (AvgIpc) is 2.60. The van der Waals surface area contributed by atoms with Gasteiger partial charge in [0.05, 0.1) is 6.10 Å². The summed E-state index contributed by atoms with van der Waals surface area (Å²) < 4.78 is 5.07. The minimum Gasteiger partial charge on any atom is -0.445 e. The van der Waals surface area contributed by atoms with Gasteiger partial charge in [-0.15, -0.1) is 0 Å². The Kier molecular flexibility index (Phi) is 6.72. The number of aryl methyl sites for hydroxylation is 1. The van der Waals surface area contributed by atoms with Gasteiger partial charge in [-0.25, -0.2) is 4.79 Å². The van der Waals surface area contributed by atoms with Gasteiger partial charge < -0.3 is 20.3 Å². The zero-order valence-corrected chi connectivity index (χ0v) is 13.6. The molecule has 0 radical (unpaired) electrons. The molecule has 2 aromatic rings. The van der Waals surface area contributed by atoms with E-state index in [1.807, 2.05) is 37.3 Å². The summed E-state index contributed by atoms with van der Waals surface area (Å²) in [5.74, 6) is 0. The minimum atomic E-state index is -1.02. The predicted molar refractivity (Wildman–Crippen MR) is 89.2 cm³/mol. The zero-order chi connectivity index (χ0) is 17.4. The van der Waals surface area contributed by atoms with E-state index in [4.69, 9.17) is 4.74 Å². The van der Waals surface area contributed by atoms with E-state index in [1.54, 1.807) is 18.3 Å². The Bertz CT molecular complexity index is 648. The van der Waals surface area contributed by atoms with Crippen molar-refractivity contribution in [3.05, 3.63) is 65.5 Å². The van der Waals surface area contributed by atoms with E-state index in [1.165, 1.54) is 0 Å². The van der Waals surface area contributed by atoms with Crippen molar-refractivity contribution >= 4 is 6.09 Å². The van der Waals surface area contributed by atoms with Crippen LogP contribution in [0.1, 0.15) is 29.3 Å². The lowest BCUT2D eigenvalue weighted by atomic mass is 10.0. The number of carbonyl (C=O) groups is 1. The van der Waals surface area contributed by atoms with Crippen molar-refractivity contribution in [2.24, 2.45) is 0 Å².